The van der Waals surface area contributed by atoms with Crippen LogP contribution in [0.15, 0.2) is 156 Å². The molecule has 1 aliphatic rings. The molecule has 2 heteroatoms. The normalized spacial score (nSPS) is 11.7. The van der Waals surface area contributed by atoms with E-state index in [1.165, 1.54) is 55.6 Å². The Kier molecular flexibility index (Phi) is 5.23. The highest BCUT2D eigenvalue weighted by atomic mass is 16.3. The lowest BCUT2D eigenvalue weighted by Gasteiger charge is -2.23. The summed E-state index contributed by atoms with van der Waals surface area (Å²) in [5.74, 6) is 0. The SMILES string of the molecule is c1ccc2c(c1)-c1ccccc1-c1ccc(-c3ccc(-c4cccc5c4oc4cnccc45)cc3)cc1-c1ccccc1-2. The number of aromatic nitrogens is 1. The molecule has 200 valence electrons. The van der Waals surface area contributed by atoms with Gasteiger partial charge in [0, 0.05) is 22.5 Å². The van der Waals surface area contributed by atoms with E-state index in [1.54, 1.807) is 6.20 Å². The van der Waals surface area contributed by atoms with Crippen LogP contribution in [-0.4, -0.2) is 4.98 Å². The minimum absolute atomic E-state index is 0.812. The predicted molar refractivity (Wildman–Crippen MR) is 178 cm³/mol. The van der Waals surface area contributed by atoms with Gasteiger partial charge >= 0.3 is 0 Å². The molecule has 43 heavy (non-hydrogen) atoms. The Morgan fingerprint density at radius 2 is 0.884 bits per heavy atom. The number of hydrogen-bond acceptors (Lipinski definition) is 2. The third kappa shape index (κ3) is 3.70. The Morgan fingerprint density at radius 3 is 1.51 bits per heavy atom. The van der Waals surface area contributed by atoms with Crippen molar-refractivity contribution in [1.29, 1.82) is 0 Å². The molecule has 2 aromatic heterocycles. The number of para-hydroxylation sites is 1. The van der Waals surface area contributed by atoms with Crippen molar-refractivity contribution < 1.29 is 4.42 Å². The van der Waals surface area contributed by atoms with E-state index in [0.29, 0.717) is 0 Å². The molecule has 6 aromatic carbocycles. The van der Waals surface area contributed by atoms with Gasteiger partial charge in [-0.05, 0) is 73.3 Å². The summed E-state index contributed by atoms with van der Waals surface area (Å²) in [5, 5.41) is 2.20. The van der Waals surface area contributed by atoms with Crippen LogP contribution < -0.4 is 0 Å². The van der Waals surface area contributed by atoms with Gasteiger partial charge in [-0.2, -0.15) is 0 Å². The van der Waals surface area contributed by atoms with Crippen molar-refractivity contribution in [3.8, 4) is 66.8 Å². The number of pyridine rings is 1. The van der Waals surface area contributed by atoms with E-state index < -0.39 is 0 Å². The lowest BCUT2D eigenvalue weighted by Crippen LogP contribution is -1.97. The smallest absolute Gasteiger partial charge is 0.153 e. The highest BCUT2D eigenvalue weighted by Gasteiger charge is 2.22. The molecule has 0 amide bonds. The molecular weight excluding hydrogens is 522 g/mol. The fourth-order valence-electron chi connectivity index (χ4n) is 6.76. The van der Waals surface area contributed by atoms with Crippen LogP contribution >= 0.6 is 0 Å². The maximum absolute atomic E-state index is 6.26. The second kappa shape index (κ2) is 9.40. The van der Waals surface area contributed by atoms with Gasteiger partial charge in [0.25, 0.3) is 0 Å². The van der Waals surface area contributed by atoms with E-state index in [1.807, 2.05) is 12.3 Å². The van der Waals surface area contributed by atoms with Gasteiger partial charge < -0.3 is 4.42 Å². The number of nitrogens with zero attached hydrogens (tertiary/aromatic N) is 1. The van der Waals surface area contributed by atoms with Gasteiger partial charge in [-0.1, -0.05) is 127 Å². The summed E-state index contributed by atoms with van der Waals surface area (Å²) in [6, 6.07) is 50.5. The Labute approximate surface area is 249 Å². The van der Waals surface area contributed by atoms with E-state index in [2.05, 4.69) is 138 Å². The van der Waals surface area contributed by atoms with Crippen LogP contribution in [0.25, 0.3) is 88.7 Å². The van der Waals surface area contributed by atoms with E-state index in [9.17, 15) is 0 Å². The van der Waals surface area contributed by atoms with Crippen LogP contribution in [0.2, 0.25) is 0 Å². The topological polar surface area (TPSA) is 26.0 Å². The first-order valence-electron chi connectivity index (χ1n) is 14.6. The van der Waals surface area contributed by atoms with Crippen LogP contribution in [0.3, 0.4) is 0 Å². The first kappa shape index (κ1) is 23.9. The largest absolute Gasteiger partial charge is 0.454 e. The van der Waals surface area contributed by atoms with Gasteiger partial charge in [-0.15, -0.1) is 0 Å². The molecule has 8 aromatic rings. The second-order valence-electron chi connectivity index (χ2n) is 11.1. The predicted octanol–water partition coefficient (Wildman–Crippen LogP) is 11.3. The van der Waals surface area contributed by atoms with Crippen molar-refractivity contribution in [1.82, 2.24) is 4.98 Å². The summed E-state index contributed by atoms with van der Waals surface area (Å²) in [6.07, 6.45) is 3.61. The number of hydrogen-bond donors (Lipinski definition) is 0. The molecule has 1 aliphatic carbocycles. The molecule has 0 N–H and O–H groups in total. The van der Waals surface area contributed by atoms with Crippen LogP contribution in [-0.2, 0) is 0 Å². The summed E-state index contributed by atoms with van der Waals surface area (Å²) in [6.45, 7) is 0. The highest BCUT2D eigenvalue weighted by Crippen LogP contribution is 2.48. The molecule has 0 fully saturated rings. The quantitative estimate of drug-likeness (QED) is 0.215. The molecule has 0 atom stereocenters. The maximum Gasteiger partial charge on any atom is 0.153 e. The lowest BCUT2D eigenvalue weighted by molar-refractivity contribution is 0.668. The zero-order chi connectivity index (χ0) is 28.3. The Balaban J connectivity index is 1.19. The molecular formula is C41H25NO. The van der Waals surface area contributed by atoms with Crippen LogP contribution in [0, 0.1) is 0 Å². The molecule has 2 nitrogen and oxygen atoms in total. The van der Waals surface area contributed by atoms with Gasteiger partial charge in [0.2, 0.25) is 0 Å². The molecule has 0 aliphatic heterocycles. The first-order chi connectivity index (χ1) is 21.3. The summed E-state index contributed by atoms with van der Waals surface area (Å²) >= 11 is 0. The molecule has 0 saturated carbocycles. The van der Waals surface area contributed by atoms with E-state index >= 15 is 0 Å². The Hall–Kier alpha value is -5.73. The first-order valence-corrected chi connectivity index (χ1v) is 14.6. The van der Waals surface area contributed by atoms with Crippen molar-refractivity contribution in [2.24, 2.45) is 0 Å². The lowest BCUT2D eigenvalue weighted by atomic mass is 9.80. The fraction of sp³-hybridized carbons (Fsp3) is 0. The average Bonchev–Trinajstić information content (AvgIpc) is 3.47. The minimum atomic E-state index is 0.812. The standard InChI is InChI=1S/C41H25NO/c1-2-9-31-30(8-1)32-10-3-4-12-34(32)36-21-20-28(24-39(36)35-13-6-5-11-33(31)35)26-16-18-27(19-17-26)29-14-7-15-38-37-22-23-42-25-40(37)43-41(29)38/h1-25H. The fourth-order valence-corrected chi connectivity index (χ4v) is 6.76. The number of rotatable bonds is 2. The van der Waals surface area contributed by atoms with Crippen molar-refractivity contribution in [3.63, 3.8) is 0 Å². The minimum Gasteiger partial charge on any atom is -0.454 e. The summed E-state index contributed by atoms with van der Waals surface area (Å²) in [4.78, 5) is 4.24. The zero-order valence-electron chi connectivity index (χ0n) is 23.3. The van der Waals surface area contributed by atoms with Crippen LogP contribution in [0.5, 0.6) is 0 Å². The van der Waals surface area contributed by atoms with E-state index in [-0.39, 0.29) is 0 Å². The molecule has 0 unspecified atom stereocenters. The summed E-state index contributed by atoms with van der Waals surface area (Å²) < 4.78 is 6.26. The second-order valence-corrected chi connectivity index (χ2v) is 11.1. The molecule has 2 heterocycles. The van der Waals surface area contributed by atoms with Crippen LogP contribution in [0.4, 0.5) is 0 Å². The van der Waals surface area contributed by atoms with Crippen molar-refractivity contribution in [3.05, 3.63) is 152 Å². The third-order valence-electron chi connectivity index (χ3n) is 8.79. The average molecular weight is 548 g/mol. The Bertz CT molecular complexity index is 2340. The molecule has 0 radical (unpaired) electrons. The van der Waals surface area contributed by atoms with E-state index in [0.717, 1.165) is 33.1 Å². The maximum atomic E-state index is 6.26. The van der Waals surface area contributed by atoms with Gasteiger partial charge in [-0.25, -0.2) is 0 Å². The zero-order valence-corrected chi connectivity index (χ0v) is 23.3. The molecule has 9 rings (SSSR count). The van der Waals surface area contributed by atoms with Crippen LogP contribution in [0.1, 0.15) is 0 Å². The number of benzene rings is 6. The molecule has 0 spiro atoms. The summed E-state index contributed by atoms with van der Waals surface area (Å²) in [7, 11) is 0. The van der Waals surface area contributed by atoms with Gasteiger partial charge in [-0.3, -0.25) is 4.98 Å². The van der Waals surface area contributed by atoms with E-state index in [4.69, 9.17) is 4.42 Å². The van der Waals surface area contributed by atoms with Crippen molar-refractivity contribution in [2.75, 3.05) is 0 Å². The number of fused-ring (bicyclic) bond motifs is 11. The number of furan rings is 1. The van der Waals surface area contributed by atoms with Gasteiger partial charge in [0.15, 0.2) is 5.58 Å². The third-order valence-corrected chi connectivity index (χ3v) is 8.79. The highest BCUT2D eigenvalue weighted by molar-refractivity contribution is 6.09. The monoisotopic (exact) mass is 547 g/mol. The molecule has 0 saturated heterocycles. The van der Waals surface area contributed by atoms with Gasteiger partial charge in [0.05, 0.1) is 6.20 Å². The molecule has 0 bridgehead atoms. The summed E-state index contributed by atoms with van der Waals surface area (Å²) in [5.41, 5.74) is 16.4. The van der Waals surface area contributed by atoms with Crippen molar-refractivity contribution >= 4 is 21.9 Å². The van der Waals surface area contributed by atoms with Gasteiger partial charge in [0.1, 0.15) is 5.58 Å². The Morgan fingerprint density at radius 1 is 0.372 bits per heavy atom. The van der Waals surface area contributed by atoms with Crippen molar-refractivity contribution in [2.45, 2.75) is 0 Å².